The van der Waals surface area contributed by atoms with Crippen LogP contribution in [-0.4, -0.2) is 46.4 Å². The number of hydrogen-bond donors (Lipinski definition) is 1. The van der Waals surface area contributed by atoms with Gasteiger partial charge in [-0.15, -0.1) is 0 Å². The molecule has 0 saturated carbocycles. The highest BCUT2D eigenvalue weighted by atomic mass is 16.1. The molecule has 4 rings (SSSR count). The summed E-state index contributed by atoms with van der Waals surface area (Å²) in [7, 11) is 2.19. The van der Waals surface area contributed by atoms with Gasteiger partial charge in [0.25, 0.3) is 5.56 Å². The lowest BCUT2D eigenvalue weighted by Crippen LogP contribution is -2.46. The van der Waals surface area contributed by atoms with Crippen LogP contribution >= 0.6 is 0 Å². The Morgan fingerprint density at radius 1 is 1.07 bits per heavy atom. The molecule has 0 spiro atoms. The second-order valence-electron chi connectivity index (χ2n) is 7.59. The highest BCUT2D eigenvalue weighted by Crippen LogP contribution is 2.27. The van der Waals surface area contributed by atoms with Gasteiger partial charge in [0.05, 0.1) is 0 Å². The van der Waals surface area contributed by atoms with Gasteiger partial charge in [-0.2, -0.15) is 0 Å². The second kappa shape index (κ2) is 8.09. The molecule has 2 heterocycles. The average molecular weight is 374 g/mol. The SMILES string of the molecule is Cc1cc(=O)[nH]c(-c2cccc(CN3CCN(C)C[C@@H]3c3ccccc3)c2)n1. The van der Waals surface area contributed by atoms with Gasteiger partial charge in [-0.05, 0) is 31.2 Å². The van der Waals surface area contributed by atoms with Crippen molar-refractivity contribution in [1.82, 2.24) is 19.8 Å². The summed E-state index contributed by atoms with van der Waals surface area (Å²) in [4.78, 5) is 24.1. The van der Waals surface area contributed by atoms with E-state index in [1.807, 2.05) is 19.1 Å². The van der Waals surface area contributed by atoms with Crippen molar-refractivity contribution < 1.29 is 0 Å². The first-order chi connectivity index (χ1) is 13.6. The molecule has 1 aromatic heterocycles. The number of nitrogens with one attached hydrogen (secondary N) is 1. The van der Waals surface area contributed by atoms with Gasteiger partial charge >= 0.3 is 0 Å². The number of benzene rings is 2. The van der Waals surface area contributed by atoms with Crippen molar-refractivity contribution in [2.75, 3.05) is 26.7 Å². The van der Waals surface area contributed by atoms with E-state index in [2.05, 4.69) is 69.3 Å². The first kappa shape index (κ1) is 18.6. The van der Waals surface area contributed by atoms with Crippen LogP contribution in [0.5, 0.6) is 0 Å². The fraction of sp³-hybridized carbons (Fsp3) is 0.304. The molecule has 5 nitrogen and oxygen atoms in total. The van der Waals surface area contributed by atoms with Crippen molar-refractivity contribution in [1.29, 1.82) is 0 Å². The Bertz CT molecular complexity index is 999. The van der Waals surface area contributed by atoms with Gasteiger partial charge in [-0.25, -0.2) is 4.98 Å². The highest BCUT2D eigenvalue weighted by Gasteiger charge is 2.26. The minimum atomic E-state index is -0.115. The molecule has 2 aromatic carbocycles. The summed E-state index contributed by atoms with van der Waals surface area (Å²) in [5.74, 6) is 0.629. The maximum Gasteiger partial charge on any atom is 0.251 e. The van der Waals surface area contributed by atoms with Crippen LogP contribution in [0.2, 0.25) is 0 Å². The standard InChI is InChI=1S/C23H26N4O/c1-17-13-22(28)25-23(24-17)20-10-6-7-18(14-20)15-27-12-11-26(2)16-21(27)19-8-4-3-5-9-19/h3-10,13-14,21H,11-12,15-16H2,1-2H3,(H,24,25,28)/t21-/m1/s1. The number of piperazine rings is 1. The molecule has 0 unspecified atom stereocenters. The van der Waals surface area contributed by atoms with Crippen LogP contribution in [-0.2, 0) is 6.54 Å². The number of aromatic nitrogens is 2. The largest absolute Gasteiger partial charge is 0.307 e. The molecule has 1 saturated heterocycles. The van der Waals surface area contributed by atoms with Crippen LogP contribution in [0, 0.1) is 6.92 Å². The van der Waals surface area contributed by atoms with Crippen LogP contribution in [0.4, 0.5) is 0 Å². The number of hydrogen-bond acceptors (Lipinski definition) is 4. The Hall–Kier alpha value is -2.76. The van der Waals surface area contributed by atoms with Crippen molar-refractivity contribution in [3.05, 3.63) is 87.8 Å². The van der Waals surface area contributed by atoms with Gasteiger partial charge in [0, 0.05) is 49.5 Å². The number of nitrogens with zero attached hydrogens (tertiary/aromatic N) is 3. The fourth-order valence-corrected chi connectivity index (χ4v) is 3.90. The molecule has 1 atom stereocenters. The lowest BCUT2D eigenvalue weighted by Gasteiger charge is -2.40. The third-order valence-electron chi connectivity index (χ3n) is 5.33. The van der Waals surface area contributed by atoms with Gasteiger partial charge in [-0.1, -0.05) is 48.5 Å². The van der Waals surface area contributed by atoms with Crippen molar-refractivity contribution in [3.63, 3.8) is 0 Å². The first-order valence-electron chi connectivity index (χ1n) is 9.73. The molecule has 3 aromatic rings. The lowest BCUT2D eigenvalue weighted by molar-refractivity contribution is 0.0834. The van der Waals surface area contributed by atoms with Crippen molar-refractivity contribution >= 4 is 0 Å². The van der Waals surface area contributed by atoms with Crippen LogP contribution < -0.4 is 5.56 Å². The molecule has 0 radical (unpaired) electrons. The van der Waals surface area contributed by atoms with Gasteiger partial charge in [0.1, 0.15) is 5.82 Å². The zero-order valence-corrected chi connectivity index (χ0v) is 16.4. The van der Waals surface area contributed by atoms with Crippen molar-refractivity contribution in [2.45, 2.75) is 19.5 Å². The number of aryl methyl sites for hydroxylation is 1. The Kier molecular flexibility index (Phi) is 5.37. The van der Waals surface area contributed by atoms with E-state index in [1.54, 1.807) is 0 Å². The average Bonchev–Trinajstić information content (AvgIpc) is 2.69. The number of H-pyrrole nitrogens is 1. The lowest BCUT2D eigenvalue weighted by atomic mass is 10.0. The third-order valence-corrected chi connectivity index (χ3v) is 5.33. The quantitative estimate of drug-likeness (QED) is 0.762. The van der Waals surface area contributed by atoms with E-state index in [1.165, 1.54) is 17.2 Å². The third kappa shape index (κ3) is 4.21. The van der Waals surface area contributed by atoms with E-state index >= 15 is 0 Å². The van der Waals surface area contributed by atoms with E-state index in [9.17, 15) is 4.79 Å². The summed E-state index contributed by atoms with van der Waals surface area (Å²) in [6.07, 6.45) is 0. The number of rotatable bonds is 4. The van der Waals surface area contributed by atoms with Gasteiger partial charge in [-0.3, -0.25) is 9.69 Å². The van der Waals surface area contributed by atoms with E-state index in [0.717, 1.165) is 37.4 Å². The maximum atomic E-state index is 11.8. The minimum absolute atomic E-state index is 0.115. The maximum absolute atomic E-state index is 11.8. The molecular formula is C23H26N4O. The van der Waals surface area contributed by atoms with Crippen LogP contribution in [0.25, 0.3) is 11.4 Å². The normalized spacial score (nSPS) is 18.3. The van der Waals surface area contributed by atoms with E-state index < -0.39 is 0 Å². The number of aromatic amines is 1. The first-order valence-corrected chi connectivity index (χ1v) is 9.73. The second-order valence-corrected chi connectivity index (χ2v) is 7.59. The zero-order chi connectivity index (χ0) is 19.5. The van der Waals surface area contributed by atoms with Gasteiger partial charge in [0.2, 0.25) is 0 Å². The molecule has 0 bridgehead atoms. The van der Waals surface area contributed by atoms with E-state index in [-0.39, 0.29) is 5.56 Å². The molecule has 1 N–H and O–H groups in total. The van der Waals surface area contributed by atoms with E-state index in [0.29, 0.717) is 11.9 Å². The fourth-order valence-electron chi connectivity index (χ4n) is 3.90. The van der Waals surface area contributed by atoms with Crippen LogP contribution in [0.1, 0.15) is 22.9 Å². The summed E-state index contributed by atoms with van der Waals surface area (Å²) in [5, 5.41) is 0. The van der Waals surface area contributed by atoms with Crippen LogP contribution in [0.15, 0.2) is 65.5 Å². The Balaban J connectivity index is 1.60. The predicted octanol–water partition coefficient (Wildman–Crippen LogP) is 3.23. The molecule has 28 heavy (non-hydrogen) atoms. The molecule has 1 fully saturated rings. The van der Waals surface area contributed by atoms with Crippen molar-refractivity contribution in [2.24, 2.45) is 0 Å². The summed E-state index contributed by atoms with van der Waals surface area (Å²) in [6.45, 7) is 5.83. The monoisotopic (exact) mass is 374 g/mol. The zero-order valence-electron chi connectivity index (χ0n) is 16.4. The van der Waals surface area contributed by atoms with Gasteiger partial charge < -0.3 is 9.88 Å². The summed E-state index contributed by atoms with van der Waals surface area (Å²) >= 11 is 0. The van der Waals surface area contributed by atoms with E-state index in [4.69, 9.17) is 0 Å². The van der Waals surface area contributed by atoms with Crippen molar-refractivity contribution in [3.8, 4) is 11.4 Å². The molecule has 5 heteroatoms. The molecule has 1 aliphatic heterocycles. The summed E-state index contributed by atoms with van der Waals surface area (Å²) < 4.78 is 0. The molecule has 144 valence electrons. The highest BCUT2D eigenvalue weighted by molar-refractivity contribution is 5.56. The molecular weight excluding hydrogens is 348 g/mol. The molecule has 1 aliphatic rings. The Morgan fingerprint density at radius 2 is 1.89 bits per heavy atom. The molecule has 0 amide bonds. The summed E-state index contributed by atoms with van der Waals surface area (Å²) in [6, 6.07) is 21.0. The van der Waals surface area contributed by atoms with Crippen LogP contribution in [0.3, 0.4) is 0 Å². The smallest absolute Gasteiger partial charge is 0.251 e. The van der Waals surface area contributed by atoms with Gasteiger partial charge in [0.15, 0.2) is 0 Å². The topological polar surface area (TPSA) is 52.2 Å². The Morgan fingerprint density at radius 3 is 2.68 bits per heavy atom. The molecule has 0 aliphatic carbocycles. The summed E-state index contributed by atoms with van der Waals surface area (Å²) in [5.41, 5.74) is 4.15. The predicted molar refractivity (Wildman–Crippen MR) is 112 cm³/mol. The minimum Gasteiger partial charge on any atom is -0.307 e. The number of likely N-dealkylation sites (N-methyl/N-ethyl adjacent to an activating group) is 1. The Labute approximate surface area is 165 Å².